The predicted octanol–water partition coefficient (Wildman–Crippen LogP) is 2.79. The number of aromatic nitrogens is 3. The highest BCUT2D eigenvalue weighted by Gasteiger charge is 2.16. The first-order chi connectivity index (χ1) is 13.5. The number of nitrogens with one attached hydrogen (secondary N) is 1. The van der Waals surface area contributed by atoms with Crippen LogP contribution in [0.25, 0.3) is 0 Å². The van der Waals surface area contributed by atoms with E-state index in [1.807, 2.05) is 24.1 Å². The second-order valence-electron chi connectivity index (χ2n) is 6.96. The first kappa shape index (κ1) is 20.7. The van der Waals surface area contributed by atoms with Crippen LogP contribution in [0.1, 0.15) is 30.7 Å². The van der Waals surface area contributed by atoms with Crippen molar-refractivity contribution in [3.63, 3.8) is 0 Å². The van der Waals surface area contributed by atoms with Gasteiger partial charge in [-0.15, -0.1) is 0 Å². The number of rotatable bonds is 6. The van der Waals surface area contributed by atoms with Gasteiger partial charge < -0.3 is 10.2 Å². The molecule has 3 rings (SSSR count). The number of guanidine groups is 1. The Balaban J connectivity index is 1.49. The van der Waals surface area contributed by atoms with E-state index in [1.54, 1.807) is 22.4 Å². The zero-order valence-corrected chi connectivity index (χ0v) is 17.8. The highest BCUT2D eigenvalue weighted by molar-refractivity contribution is 6.42. The minimum absolute atomic E-state index is 0.0100. The van der Waals surface area contributed by atoms with Gasteiger partial charge >= 0.3 is 5.69 Å². The molecule has 0 spiro atoms. The van der Waals surface area contributed by atoms with E-state index in [1.165, 1.54) is 0 Å². The molecule has 0 aliphatic carbocycles. The molecule has 1 aliphatic rings. The molecule has 0 radical (unpaired) electrons. The smallest absolute Gasteiger partial charge is 0.345 e. The van der Waals surface area contributed by atoms with Crippen LogP contribution in [0, 0.1) is 0 Å². The van der Waals surface area contributed by atoms with Gasteiger partial charge in [0, 0.05) is 46.7 Å². The standard InChI is InChI=1S/C19H26Cl2N6O/c1-22-18(25(2)13-14-7-8-15(20)16(21)12-14)23-9-5-11-27-19(28)26-10-4-3-6-17(26)24-27/h7-8,12H,3-6,9-11,13H2,1-2H3,(H,22,23). The van der Waals surface area contributed by atoms with Crippen molar-refractivity contribution in [3.05, 3.63) is 50.1 Å². The molecule has 0 fully saturated rings. The van der Waals surface area contributed by atoms with Gasteiger partial charge in [0.25, 0.3) is 0 Å². The van der Waals surface area contributed by atoms with Gasteiger partial charge in [0.15, 0.2) is 5.96 Å². The van der Waals surface area contributed by atoms with Crippen LogP contribution in [0.15, 0.2) is 28.0 Å². The monoisotopic (exact) mass is 424 g/mol. The van der Waals surface area contributed by atoms with E-state index < -0.39 is 0 Å². The number of nitrogens with zero attached hydrogens (tertiary/aromatic N) is 5. The van der Waals surface area contributed by atoms with Crippen molar-refractivity contribution in [2.24, 2.45) is 4.99 Å². The summed E-state index contributed by atoms with van der Waals surface area (Å²) in [6.45, 7) is 2.74. The Kier molecular flexibility index (Phi) is 7.02. The lowest BCUT2D eigenvalue weighted by Crippen LogP contribution is -2.39. The number of aliphatic imine (C=N–C) groups is 1. The van der Waals surface area contributed by atoms with Crippen LogP contribution < -0.4 is 11.0 Å². The Morgan fingerprint density at radius 3 is 2.86 bits per heavy atom. The number of halogens is 2. The Morgan fingerprint density at radius 2 is 2.14 bits per heavy atom. The molecule has 7 nitrogen and oxygen atoms in total. The molecule has 0 bridgehead atoms. The average Bonchev–Trinajstić information content (AvgIpc) is 3.01. The summed E-state index contributed by atoms with van der Waals surface area (Å²) in [5.74, 6) is 1.70. The maximum atomic E-state index is 12.4. The molecule has 1 aromatic heterocycles. The molecule has 0 saturated carbocycles. The maximum Gasteiger partial charge on any atom is 0.345 e. The van der Waals surface area contributed by atoms with Crippen molar-refractivity contribution >= 4 is 29.2 Å². The summed E-state index contributed by atoms with van der Waals surface area (Å²) in [5.41, 5.74) is 1.06. The molecule has 9 heteroatoms. The van der Waals surface area contributed by atoms with E-state index in [0.717, 1.165) is 49.6 Å². The fraction of sp³-hybridized carbons (Fsp3) is 0.526. The van der Waals surface area contributed by atoms with Gasteiger partial charge in [0.1, 0.15) is 5.82 Å². The first-order valence-electron chi connectivity index (χ1n) is 9.52. The van der Waals surface area contributed by atoms with Gasteiger partial charge in [-0.25, -0.2) is 9.48 Å². The van der Waals surface area contributed by atoms with Crippen molar-refractivity contribution < 1.29 is 0 Å². The molecular formula is C19H26Cl2N6O. The summed E-state index contributed by atoms with van der Waals surface area (Å²) >= 11 is 12.1. The normalized spacial score (nSPS) is 14.1. The largest absolute Gasteiger partial charge is 0.356 e. The molecule has 1 aliphatic heterocycles. The lowest BCUT2D eigenvalue weighted by Gasteiger charge is -2.22. The van der Waals surface area contributed by atoms with Crippen LogP contribution in [-0.2, 0) is 26.1 Å². The molecule has 0 atom stereocenters. The molecule has 0 saturated heterocycles. The SMILES string of the molecule is CN=C(NCCCn1nc2n(c1=O)CCCC2)N(C)Cc1ccc(Cl)c(Cl)c1. The van der Waals surface area contributed by atoms with E-state index in [-0.39, 0.29) is 5.69 Å². The minimum atomic E-state index is 0.0100. The van der Waals surface area contributed by atoms with Crippen molar-refractivity contribution in [2.45, 2.75) is 45.3 Å². The zero-order valence-electron chi connectivity index (χ0n) is 16.3. The number of hydrogen-bond acceptors (Lipinski definition) is 3. The third-order valence-corrected chi connectivity index (χ3v) is 5.58. The van der Waals surface area contributed by atoms with E-state index in [4.69, 9.17) is 23.2 Å². The average molecular weight is 425 g/mol. The molecule has 2 heterocycles. The Labute approximate surface area is 175 Å². The second kappa shape index (κ2) is 9.47. The highest BCUT2D eigenvalue weighted by Crippen LogP contribution is 2.23. The number of hydrogen-bond donors (Lipinski definition) is 1. The number of benzene rings is 1. The van der Waals surface area contributed by atoms with Crippen molar-refractivity contribution in [1.82, 2.24) is 24.6 Å². The summed E-state index contributed by atoms with van der Waals surface area (Å²) in [4.78, 5) is 18.7. The quantitative estimate of drug-likeness (QED) is 0.439. The van der Waals surface area contributed by atoms with E-state index in [2.05, 4.69) is 15.4 Å². The van der Waals surface area contributed by atoms with Gasteiger partial charge in [0.2, 0.25) is 0 Å². The van der Waals surface area contributed by atoms with Gasteiger partial charge in [-0.1, -0.05) is 29.3 Å². The lowest BCUT2D eigenvalue weighted by molar-refractivity contribution is 0.469. The van der Waals surface area contributed by atoms with Gasteiger partial charge in [-0.2, -0.15) is 5.10 Å². The Morgan fingerprint density at radius 1 is 1.32 bits per heavy atom. The van der Waals surface area contributed by atoms with Crippen LogP contribution in [0.4, 0.5) is 0 Å². The summed E-state index contributed by atoms with van der Waals surface area (Å²) in [7, 11) is 3.72. The molecule has 0 amide bonds. The minimum Gasteiger partial charge on any atom is -0.356 e. The zero-order chi connectivity index (χ0) is 20.1. The van der Waals surface area contributed by atoms with E-state index in [9.17, 15) is 4.79 Å². The van der Waals surface area contributed by atoms with Crippen molar-refractivity contribution in [1.29, 1.82) is 0 Å². The third-order valence-electron chi connectivity index (χ3n) is 4.84. The van der Waals surface area contributed by atoms with Gasteiger partial charge in [-0.05, 0) is 37.0 Å². The second-order valence-corrected chi connectivity index (χ2v) is 7.78. The molecule has 1 N–H and O–H groups in total. The summed E-state index contributed by atoms with van der Waals surface area (Å²) < 4.78 is 3.39. The van der Waals surface area contributed by atoms with Crippen LogP contribution in [0.3, 0.4) is 0 Å². The molecule has 152 valence electrons. The maximum absolute atomic E-state index is 12.4. The summed E-state index contributed by atoms with van der Waals surface area (Å²) in [6.07, 6.45) is 3.85. The van der Waals surface area contributed by atoms with Crippen LogP contribution in [-0.4, -0.2) is 45.8 Å². The molecule has 1 aromatic carbocycles. The lowest BCUT2D eigenvalue weighted by atomic mass is 10.2. The highest BCUT2D eigenvalue weighted by atomic mass is 35.5. The Bertz CT molecular complexity index is 904. The third kappa shape index (κ3) is 4.89. The van der Waals surface area contributed by atoms with Crippen molar-refractivity contribution in [2.75, 3.05) is 20.6 Å². The molecule has 0 unspecified atom stereocenters. The van der Waals surface area contributed by atoms with Crippen molar-refractivity contribution in [3.8, 4) is 0 Å². The van der Waals surface area contributed by atoms with Gasteiger partial charge in [0.05, 0.1) is 10.0 Å². The first-order valence-corrected chi connectivity index (χ1v) is 10.3. The molecule has 28 heavy (non-hydrogen) atoms. The Hall–Kier alpha value is -1.99. The molecule has 2 aromatic rings. The van der Waals surface area contributed by atoms with Gasteiger partial charge in [-0.3, -0.25) is 9.56 Å². The fourth-order valence-electron chi connectivity index (χ4n) is 3.39. The van der Waals surface area contributed by atoms with Crippen LogP contribution in [0.2, 0.25) is 10.0 Å². The number of aryl methyl sites for hydroxylation is 2. The van der Waals surface area contributed by atoms with Crippen LogP contribution >= 0.6 is 23.2 Å². The summed E-state index contributed by atoms with van der Waals surface area (Å²) in [6, 6.07) is 5.61. The predicted molar refractivity (Wildman–Crippen MR) is 113 cm³/mol. The summed E-state index contributed by atoms with van der Waals surface area (Å²) in [5, 5.41) is 8.90. The fourth-order valence-corrected chi connectivity index (χ4v) is 3.72. The van der Waals surface area contributed by atoms with E-state index >= 15 is 0 Å². The number of fused-ring (bicyclic) bond motifs is 1. The van der Waals surface area contributed by atoms with Crippen LogP contribution in [0.5, 0.6) is 0 Å². The van der Waals surface area contributed by atoms with E-state index in [0.29, 0.717) is 29.7 Å². The topological polar surface area (TPSA) is 67.5 Å². The molecular weight excluding hydrogens is 399 g/mol.